The van der Waals surface area contributed by atoms with Gasteiger partial charge in [-0.1, -0.05) is 0 Å². The third-order valence-corrected chi connectivity index (χ3v) is 3.85. The van der Waals surface area contributed by atoms with Gasteiger partial charge < -0.3 is 15.0 Å². The molecular formula is C13H22N2O3. The van der Waals surface area contributed by atoms with Gasteiger partial charge in [-0.05, 0) is 38.5 Å². The molecule has 0 unspecified atom stereocenters. The minimum Gasteiger partial charge on any atom is -0.381 e. The van der Waals surface area contributed by atoms with Gasteiger partial charge in [0.2, 0.25) is 0 Å². The molecule has 5 nitrogen and oxygen atoms in total. The Morgan fingerprint density at radius 2 is 1.83 bits per heavy atom. The van der Waals surface area contributed by atoms with E-state index >= 15 is 0 Å². The van der Waals surface area contributed by atoms with Gasteiger partial charge >= 0.3 is 6.03 Å². The molecule has 2 aliphatic heterocycles. The SMILES string of the molecule is CC(=O)[C@@H](NC(=O)N1CCCC1)C1CCOCC1. The number of hydrogen-bond acceptors (Lipinski definition) is 3. The van der Waals surface area contributed by atoms with E-state index in [0.29, 0.717) is 13.2 Å². The lowest BCUT2D eigenvalue weighted by Crippen LogP contribution is -2.50. The van der Waals surface area contributed by atoms with Crippen LogP contribution < -0.4 is 5.32 Å². The number of ether oxygens (including phenoxy) is 1. The quantitative estimate of drug-likeness (QED) is 0.822. The summed E-state index contributed by atoms with van der Waals surface area (Å²) in [6.45, 7) is 4.56. The number of carbonyl (C=O) groups excluding carboxylic acids is 2. The topological polar surface area (TPSA) is 58.6 Å². The van der Waals surface area contributed by atoms with Gasteiger partial charge in [0.1, 0.15) is 0 Å². The van der Waals surface area contributed by atoms with E-state index in [-0.39, 0.29) is 23.8 Å². The number of Topliss-reactive ketones (excluding diaryl/α,β-unsaturated/α-hetero) is 1. The summed E-state index contributed by atoms with van der Waals surface area (Å²) in [5.41, 5.74) is 0. The van der Waals surface area contributed by atoms with E-state index in [1.165, 1.54) is 0 Å². The number of likely N-dealkylation sites (tertiary alicyclic amines) is 1. The van der Waals surface area contributed by atoms with Gasteiger partial charge in [0.15, 0.2) is 5.78 Å². The van der Waals surface area contributed by atoms with Crippen molar-refractivity contribution in [3.8, 4) is 0 Å². The highest BCUT2D eigenvalue weighted by Crippen LogP contribution is 2.20. The average molecular weight is 254 g/mol. The van der Waals surface area contributed by atoms with E-state index in [1.807, 2.05) is 0 Å². The van der Waals surface area contributed by atoms with Crippen molar-refractivity contribution in [1.82, 2.24) is 10.2 Å². The van der Waals surface area contributed by atoms with E-state index in [0.717, 1.165) is 38.8 Å². The highest BCUT2D eigenvalue weighted by Gasteiger charge is 2.30. The summed E-state index contributed by atoms with van der Waals surface area (Å²) in [5, 5.41) is 2.91. The van der Waals surface area contributed by atoms with Crippen molar-refractivity contribution >= 4 is 11.8 Å². The number of urea groups is 1. The summed E-state index contributed by atoms with van der Waals surface area (Å²) in [7, 11) is 0. The second-order valence-electron chi connectivity index (χ2n) is 5.18. The number of nitrogens with one attached hydrogen (secondary N) is 1. The van der Waals surface area contributed by atoms with Crippen LogP contribution in [-0.2, 0) is 9.53 Å². The van der Waals surface area contributed by atoms with Crippen LogP contribution in [0.15, 0.2) is 0 Å². The first kappa shape index (κ1) is 13.3. The predicted octanol–water partition coefficient (Wildman–Crippen LogP) is 1.18. The van der Waals surface area contributed by atoms with Crippen molar-refractivity contribution in [2.45, 2.75) is 38.6 Å². The van der Waals surface area contributed by atoms with Crippen molar-refractivity contribution in [2.75, 3.05) is 26.3 Å². The van der Waals surface area contributed by atoms with Crippen LogP contribution >= 0.6 is 0 Å². The van der Waals surface area contributed by atoms with Gasteiger partial charge in [0, 0.05) is 26.3 Å². The number of rotatable bonds is 3. The molecule has 0 aromatic rings. The molecule has 2 fully saturated rings. The Hall–Kier alpha value is -1.10. The Morgan fingerprint density at radius 1 is 1.22 bits per heavy atom. The molecule has 0 aromatic heterocycles. The Bertz CT molecular complexity index is 307. The highest BCUT2D eigenvalue weighted by atomic mass is 16.5. The van der Waals surface area contributed by atoms with Gasteiger partial charge in [-0.3, -0.25) is 4.79 Å². The van der Waals surface area contributed by atoms with Gasteiger partial charge in [0.05, 0.1) is 6.04 Å². The Morgan fingerprint density at radius 3 is 2.39 bits per heavy atom. The first-order valence-electron chi connectivity index (χ1n) is 6.82. The predicted molar refractivity (Wildman–Crippen MR) is 67.4 cm³/mol. The molecule has 1 atom stereocenters. The van der Waals surface area contributed by atoms with Gasteiger partial charge in [0.25, 0.3) is 0 Å². The molecule has 0 radical (unpaired) electrons. The van der Waals surface area contributed by atoms with E-state index in [9.17, 15) is 9.59 Å². The van der Waals surface area contributed by atoms with Crippen LogP contribution in [0, 0.1) is 5.92 Å². The smallest absolute Gasteiger partial charge is 0.317 e. The standard InChI is InChI=1S/C13H22N2O3/c1-10(16)12(11-4-8-18-9-5-11)14-13(17)15-6-2-3-7-15/h11-12H,2-9H2,1H3,(H,14,17)/t12-/m1/s1. The minimum absolute atomic E-state index is 0.0504. The van der Waals surface area contributed by atoms with Crippen LogP contribution in [-0.4, -0.2) is 49.1 Å². The summed E-state index contributed by atoms with van der Waals surface area (Å²) >= 11 is 0. The second-order valence-corrected chi connectivity index (χ2v) is 5.18. The fourth-order valence-electron chi connectivity index (χ4n) is 2.75. The molecule has 0 aliphatic carbocycles. The fourth-order valence-corrected chi connectivity index (χ4v) is 2.75. The first-order valence-corrected chi connectivity index (χ1v) is 6.82. The monoisotopic (exact) mass is 254 g/mol. The normalized spacial score (nSPS) is 22.8. The van der Waals surface area contributed by atoms with Crippen molar-refractivity contribution in [3.63, 3.8) is 0 Å². The molecule has 2 rings (SSSR count). The molecule has 2 amide bonds. The summed E-state index contributed by atoms with van der Waals surface area (Å²) in [5.74, 6) is 0.275. The maximum absolute atomic E-state index is 12.0. The number of amides is 2. The summed E-state index contributed by atoms with van der Waals surface area (Å²) in [4.78, 5) is 25.6. The van der Waals surface area contributed by atoms with Crippen LogP contribution in [0.5, 0.6) is 0 Å². The van der Waals surface area contributed by atoms with E-state index in [1.54, 1.807) is 11.8 Å². The summed E-state index contributed by atoms with van der Waals surface area (Å²) in [6.07, 6.45) is 3.83. The molecular weight excluding hydrogens is 232 g/mol. The number of nitrogens with zero attached hydrogens (tertiary/aromatic N) is 1. The van der Waals surface area contributed by atoms with Crippen LogP contribution in [0.3, 0.4) is 0 Å². The molecule has 2 saturated heterocycles. The molecule has 0 aromatic carbocycles. The van der Waals surface area contributed by atoms with Gasteiger partial charge in [-0.2, -0.15) is 0 Å². The lowest BCUT2D eigenvalue weighted by atomic mass is 9.89. The zero-order valence-electron chi connectivity index (χ0n) is 11.0. The van der Waals surface area contributed by atoms with Gasteiger partial charge in [-0.25, -0.2) is 4.79 Å². The van der Waals surface area contributed by atoms with Crippen LogP contribution in [0.2, 0.25) is 0 Å². The zero-order chi connectivity index (χ0) is 13.0. The maximum atomic E-state index is 12.0. The average Bonchev–Trinajstić information content (AvgIpc) is 2.90. The maximum Gasteiger partial charge on any atom is 0.317 e. The Kier molecular flexibility index (Phi) is 4.58. The molecule has 0 spiro atoms. The van der Waals surface area contributed by atoms with Crippen LogP contribution in [0.1, 0.15) is 32.6 Å². The van der Waals surface area contributed by atoms with Crippen molar-refractivity contribution in [1.29, 1.82) is 0 Å². The van der Waals surface area contributed by atoms with Crippen molar-refractivity contribution in [2.24, 2.45) is 5.92 Å². The van der Waals surface area contributed by atoms with E-state index in [4.69, 9.17) is 4.74 Å². The van der Waals surface area contributed by atoms with Crippen LogP contribution in [0.4, 0.5) is 4.79 Å². The summed E-state index contributed by atoms with van der Waals surface area (Å²) < 4.78 is 5.30. The highest BCUT2D eigenvalue weighted by molar-refractivity contribution is 5.87. The second kappa shape index (κ2) is 6.18. The van der Waals surface area contributed by atoms with E-state index in [2.05, 4.69) is 5.32 Å². The number of ketones is 1. The molecule has 2 heterocycles. The first-order chi connectivity index (χ1) is 8.68. The van der Waals surface area contributed by atoms with Crippen LogP contribution in [0.25, 0.3) is 0 Å². The molecule has 0 saturated carbocycles. The number of carbonyl (C=O) groups is 2. The lowest BCUT2D eigenvalue weighted by molar-refractivity contribution is -0.120. The lowest BCUT2D eigenvalue weighted by Gasteiger charge is -2.30. The Balaban J connectivity index is 1.92. The Labute approximate surface area is 108 Å². The third kappa shape index (κ3) is 3.22. The molecule has 2 aliphatic rings. The third-order valence-electron chi connectivity index (χ3n) is 3.85. The van der Waals surface area contributed by atoms with E-state index < -0.39 is 0 Å². The molecule has 18 heavy (non-hydrogen) atoms. The number of hydrogen-bond donors (Lipinski definition) is 1. The minimum atomic E-state index is -0.345. The zero-order valence-corrected chi connectivity index (χ0v) is 11.0. The van der Waals surface area contributed by atoms with Crippen molar-refractivity contribution in [3.05, 3.63) is 0 Å². The fraction of sp³-hybridized carbons (Fsp3) is 0.846. The van der Waals surface area contributed by atoms with Crippen molar-refractivity contribution < 1.29 is 14.3 Å². The largest absolute Gasteiger partial charge is 0.381 e. The molecule has 5 heteroatoms. The molecule has 102 valence electrons. The molecule has 0 bridgehead atoms. The molecule has 1 N–H and O–H groups in total. The van der Waals surface area contributed by atoms with Gasteiger partial charge in [-0.15, -0.1) is 0 Å². The summed E-state index contributed by atoms with van der Waals surface area (Å²) in [6, 6.07) is -0.429.